The molecule has 3 amide bonds. The zero-order valence-electron chi connectivity index (χ0n) is 16.4. The van der Waals surface area contributed by atoms with Gasteiger partial charge >= 0.3 is 12.0 Å². The number of hydrogen-bond acceptors (Lipinski definition) is 4. The molecule has 8 heteroatoms. The molecule has 0 heterocycles. The van der Waals surface area contributed by atoms with Crippen LogP contribution in [-0.2, 0) is 14.3 Å². The average molecular weight is 418 g/mol. The number of urea groups is 1. The first kappa shape index (κ1) is 22.2. The quantitative estimate of drug-likeness (QED) is 0.592. The lowest BCUT2D eigenvalue weighted by molar-refractivity contribution is -0.156. The van der Waals surface area contributed by atoms with E-state index in [0.717, 1.165) is 0 Å². The van der Waals surface area contributed by atoms with Gasteiger partial charge in [0, 0.05) is 16.4 Å². The highest BCUT2D eigenvalue weighted by Gasteiger charge is 2.29. The van der Waals surface area contributed by atoms with E-state index in [9.17, 15) is 14.4 Å². The van der Waals surface area contributed by atoms with Crippen molar-refractivity contribution in [1.82, 2.24) is 5.32 Å². The fourth-order valence-corrected chi connectivity index (χ4v) is 2.63. The van der Waals surface area contributed by atoms with Crippen LogP contribution in [0, 0.1) is 5.92 Å². The molecular weight excluding hydrogens is 394 g/mol. The van der Waals surface area contributed by atoms with E-state index in [4.69, 9.17) is 16.3 Å². The summed E-state index contributed by atoms with van der Waals surface area (Å²) in [5.41, 5.74) is 1.08. The van der Waals surface area contributed by atoms with Crippen LogP contribution in [0.4, 0.5) is 16.2 Å². The van der Waals surface area contributed by atoms with E-state index in [0.29, 0.717) is 16.4 Å². The lowest BCUT2D eigenvalue weighted by Gasteiger charge is -2.23. The van der Waals surface area contributed by atoms with Gasteiger partial charge in [-0.15, -0.1) is 0 Å². The molecule has 0 saturated heterocycles. The van der Waals surface area contributed by atoms with Crippen LogP contribution in [0.3, 0.4) is 0 Å². The van der Waals surface area contributed by atoms with Gasteiger partial charge in [-0.05, 0) is 43.2 Å². The number of anilines is 2. The molecule has 29 heavy (non-hydrogen) atoms. The van der Waals surface area contributed by atoms with Gasteiger partial charge in [-0.2, -0.15) is 0 Å². The monoisotopic (exact) mass is 417 g/mol. The van der Waals surface area contributed by atoms with Crippen molar-refractivity contribution in [3.05, 3.63) is 59.6 Å². The summed E-state index contributed by atoms with van der Waals surface area (Å²) in [5.74, 6) is -1.44. The van der Waals surface area contributed by atoms with Gasteiger partial charge in [-0.25, -0.2) is 9.59 Å². The minimum Gasteiger partial charge on any atom is -0.451 e. The summed E-state index contributed by atoms with van der Waals surface area (Å²) in [5, 5.41) is 8.34. The molecule has 0 radical (unpaired) electrons. The molecule has 2 rings (SSSR count). The number of esters is 1. The van der Waals surface area contributed by atoms with Crippen molar-refractivity contribution in [2.45, 2.75) is 32.9 Å². The van der Waals surface area contributed by atoms with Gasteiger partial charge in [-0.3, -0.25) is 4.79 Å². The zero-order chi connectivity index (χ0) is 21.4. The first-order chi connectivity index (χ1) is 13.8. The molecule has 0 spiro atoms. The molecule has 3 N–H and O–H groups in total. The first-order valence-corrected chi connectivity index (χ1v) is 9.53. The summed E-state index contributed by atoms with van der Waals surface area (Å²) in [6.45, 7) is 5.00. The van der Waals surface area contributed by atoms with Crippen LogP contribution >= 0.6 is 11.6 Å². The molecule has 0 fully saturated rings. The van der Waals surface area contributed by atoms with Gasteiger partial charge in [0.15, 0.2) is 6.10 Å². The Kier molecular flexibility index (Phi) is 8.03. The number of benzene rings is 2. The van der Waals surface area contributed by atoms with Gasteiger partial charge in [-0.1, -0.05) is 49.7 Å². The number of para-hydroxylation sites is 1. The summed E-state index contributed by atoms with van der Waals surface area (Å²) in [4.78, 5) is 37.0. The van der Waals surface area contributed by atoms with Crippen LogP contribution in [-0.4, -0.2) is 30.1 Å². The molecule has 0 aliphatic heterocycles. The van der Waals surface area contributed by atoms with Crippen LogP contribution in [0.25, 0.3) is 0 Å². The maximum absolute atomic E-state index is 12.5. The van der Waals surface area contributed by atoms with Gasteiger partial charge in [0.1, 0.15) is 6.04 Å². The third kappa shape index (κ3) is 7.12. The smallest absolute Gasteiger partial charge is 0.329 e. The normalized spacial score (nSPS) is 12.6. The van der Waals surface area contributed by atoms with E-state index in [1.165, 1.54) is 6.92 Å². The molecule has 0 saturated carbocycles. The summed E-state index contributed by atoms with van der Waals surface area (Å²) in [6, 6.07) is 14.0. The number of rotatable bonds is 7. The Balaban J connectivity index is 1.93. The van der Waals surface area contributed by atoms with Gasteiger partial charge in [0.05, 0.1) is 0 Å². The summed E-state index contributed by atoms with van der Waals surface area (Å²) in [6.07, 6.45) is -1.05. The van der Waals surface area contributed by atoms with Gasteiger partial charge in [0.2, 0.25) is 0 Å². The Bertz CT molecular complexity index is 858. The standard InChI is InChI=1S/C21H24ClN3O4/c1-13(2)18(25-21(28)24-16-9-5-4-6-10-16)20(27)29-14(3)19(26)23-17-11-7-8-15(22)12-17/h4-14,18H,1-3H3,(H,23,26)(H2,24,25,28)/t14-,18-/m0/s1. The average Bonchev–Trinajstić information content (AvgIpc) is 2.66. The highest BCUT2D eigenvalue weighted by atomic mass is 35.5. The number of halogens is 1. The number of amides is 3. The summed E-state index contributed by atoms with van der Waals surface area (Å²) in [7, 11) is 0. The number of ether oxygens (including phenoxy) is 1. The van der Waals surface area contributed by atoms with Gasteiger partial charge in [0.25, 0.3) is 5.91 Å². The number of carbonyl (C=O) groups excluding carboxylic acids is 3. The lowest BCUT2D eigenvalue weighted by atomic mass is 10.0. The van der Waals surface area contributed by atoms with Crippen molar-refractivity contribution in [2.24, 2.45) is 5.92 Å². The van der Waals surface area contributed by atoms with E-state index < -0.39 is 30.1 Å². The number of hydrogen-bond donors (Lipinski definition) is 3. The molecule has 0 aliphatic rings. The third-order valence-electron chi connectivity index (χ3n) is 3.99. The summed E-state index contributed by atoms with van der Waals surface area (Å²) < 4.78 is 5.26. The van der Waals surface area contributed by atoms with Crippen LogP contribution in [0.2, 0.25) is 5.02 Å². The highest BCUT2D eigenvalue weighted by molar-refractivity contribution is 6.30. The second-order valence-electron chi connectivity index (χ2n) is 6.76. The second-order valence-corrected chi connectivity index (χ2v) is 7.20. The van der Waals surface area contributed by atoms with Crippen molar-refractivity contribution < 1.29 is 19.1 Å². The van der Waals surface area contributed by atoms with Crippen molar-refractivity contribution in [2.75, 3.05) is 10.6 Å². The van der Waals surface area contributed by atoms with Crippen LogP contribution in [0.1, 0.15) is 20.8 Å². The van der Waals surface area contributed by atoms with E-state index >= 15 is 0 Å². The van der Waals surface area contributed by atoms with Crippen molar-refractivity contribution in [1.29, 1.82) is 0 Å². The topological polar surface area (TPSA) is 96.5 Å². The van der Waals surface area contributed by atoms with E-state index in [1.807, 2.05) is 6.07 Å². The predicted octanol–water partition coefficient (Wildman–Crippen LogP) is 4.06. The summed E-state index contributed by atoms with van der Waals surface area (Å²) >= 11 is 5.89. The van der Waals surface area contributed by atoms with E-state index in [-0.39, 0.29) is 5.92 Å². The first-order valence-electron chi connectivity index (χ1n) is 9.15. The molecule has 2 aromatic carbocycles. The Morgan fingerprint density at radius 2 is 1.55 bits per heavy atom. The number of nitrogens with one attached hydrogen (secondary N) is 3. The van der Waals surface area contributed by atoms with Gasteiger partial charge < -0.3 is 20.7 Å². The van der Waals surface area contributed by atoms with E-state index in [2.05, 4.69) is 16.0 Å². The molecule has 2 atom stereocenters. The Morgan fingerprint density at radius 3 is 2.17 bits per heavy atom. The Hall–Kier alpha value is -3.06. The molecule has 7 nitrogen and oxygen atoms in total. The molecular formula is C21H24ClN3O4. The minimum absolute atomic E-state index is 0.243. The van der Waals surface area contributed by atoms with Crippen LogP contribution < -0.4 is 16.0 Å². The Labute approximate surface area is 174 Å². The lowest BCUT2D eigenvalue weighted by Crippen LogP contribution is -2.48. The van der Waals surface area contributed by atoms with Crippen molar-refractivity contribution in [3.63, 3.8) is 0 Å². The maximum Gasteiger partial charge on any atom is 0.329 e. The molecule has 0 unspecified atom stereocenters. The predicted molar refractivity (Wildman–Crippen MR) is 113 cm³/mol. The fourth-order valence-electron chi connectivity index (χ4n) is 2.44. The zero-order valence-corrected chi connectivity index (χ0v) is 17.2. The SMILES string of the molecule is CC(C)[C@H](NC(=O)Nc1ccccc1)C(=O)O[C@@H](C)C(=O)Nc1cccc(Cl)c1. The Morgan fingerprint density at radius 1 is 0.897 bits per heavy atom. The molecule has 0 aromatic heterocycles. The van der Waals surface area contributed by atoms with Crippen molar-refractivity contribution in [3.8, 4) is 0 Å². The molecule has 154 valence electrons. The third-order valence-corrected chi connectivity index (χ3v) is 4.23. The van der Waals surface area contributed by atoms with Crippen molar-refractivity contribution >= 4 is 40.9 Å². The maximum atomic E-state index is 12.5. The van der Waals surface area contributed by atoms with Crippen LogP contribution in [0.15, 0.2) is 54.6 Å². The highest BCUT2D eigenvalue weighted by Crippen LogP contribution is 2.16. The van der Waals surface area contributed by atoms with Crippen LogP contribution in [0.5, 0.6) is 0 Å². The van der Waals surface area contributed by atoms with E-state index in [1.54, 1.807) is 62.4 Å². The minimum atomic E-state index is -1.05. The number of carbonyl (C=O) groups is 3. The fraction of sp³-hybridized carbons (Fsp3) is 0.286. The molecule has 2 aromatic rings. The molecule has 0 aliphatic carbocycles. The molecule has 0 bridgehead atoms. The second kappa shape index (κ2) is 10.5. The largest absolute Gasteiger partial charge is 0.451 e.